The van der Waals surface area contributed by atoms with Crippen LogP contribution in [0.25, 0.3) is 0 Å². The number of carboxylic acid groups (broad SMARTS) is 1. The van der Waals surface area contributed by atoms with Crippen molar-refractivity contribution in [3.63, 3.8) is 0 Å². The van der Waals surface area contributed by atoms with Gasteiger partial charge in [0.05, 0.1) is 5.56 Å². The maximum Gasteiger partial charge on any atom is 0.343 e. The lowest BCUT2D eigenvalue weighted by Gasteiger charge is -2.13. The molecule has 2 N–H and O–H groups in total. The van der Waals surface area contributed by atoms with Gasteiger partial charge in [-0.3, -0.25) is 0 Å². The molecule has 0 aliphatic heterocycles. The third-order valence-electron chi connectivity index (χ3n) is 4.67. The molecule has 150 valence electrons. The molecular weight excluding hydrogens is 356 g/mol. The van der Waals surface area contributed by atoms with E-state index in [1.807, 2.05) is 6.07 Å². The molecule has 0 saturated carbocycles. The van der Waals surface area contributed by atoms with Gasteiger partial charge in [0.2, 0.25) is 0 Å². The van der Waals surface area contributed by atoms with Crippen molar-refractivity contribution in [2.75, 3.05) is 0 Å². The summed E-state index contributed by atoms with van der Waals surface area (Å²) < 4.78 is 5.47. The van der Waals surface area contributed by atoms with Crippen LogP contribution in [0.3, 0.4) is 0 Å². The van der Waals surface area contributed by atoms with Crippen LogP contribution in [0.5, 0.6) is 11.5 Å². The van der Waals surface area contributed by atoms with E-state index in [0.29, 0.717) is 6.42 Å². The smallest absolute Gasteiger partial charge is 0.343 e. The molecule has 2 aromatic rings. The fourth-order valence-electron chi connectivity index (χ4n) is 3.09. The lowest BCUT2D eigenvalue weighted by atomic mass is 10.0. The van der Waals surface area contributed by atoms with Crippen LogP contribution in [0.1, 0.15) is 78.1 Å². The molecule has 0 aliphatic carbocycles. The van der Waals surface area contributed by atoms with E-state index in [1.54, 1.807) is 6.07 Å². The minimum Gasteiger partial charge on any atom is -0.508 e. The Labute approximate surface area is 166 Å². The number of para-hydroxylation sites is 1. The number of rotatable bonds is 11. The van der Waals surface area contributed by atoms with Crippen LogP contribution < -0.4 is 4.74 Å². The largest absolute Gasteiger partial charge is 0.508 e. The van der Waals surface area contributed by atoms with Crippen molar-refractivity contribution in [2.45, 2.75) is 58.3 Å². The first-order valence-electron chi connectivity index (χ1n) is 9.89. The van der Waals surface area contributed by atoms with Crippen molar-refractivity contribution in [2.24, 2.45) is 0 Å². The molecule has 0 unspecified atom stereocenters. The van der Waals surface area contributed by atoms with E-state index < -0.39 is 11.9 Å². The van der Waals surface area contributed by atoms with E-state index in [4.69, 9.17) is 4.74 Å². The molecule has 2 aromatic carbocycles. The average Bonchev–Trinajstić information content (AvgIpc) is 2.68. The van der Waals surface area contributed by atoms with Gasteiger partial charge in [0.15, 0.2) is 0 Å². The van der Waals surface area contributed by atoms with Gasteiger partial charge < -0.3 is 14.9 Å². The summed E-state index contributed by atoms with van der Waals surface area (Å²) in [5, 5.41) is 18.8. The summed E-state index contributed by atoms with van der Waals surface area (Å²) in [6, 6.07) is 10.6. The Morgan fingerprint density at radius 3 is 2.18 bits per heavy atom. The normalized spacial score (nSPS) is 10.6. The van der Waals surface area contributed by atoms with Crippen molar-refractivity contribution < 1.29 is 24.5 Å². The number of carbonyl (C=O) groups excluding carboxylic acids is 1. The van der Waals surface area contributed by atoms with E-state index in [2.05, 4.69) is 6.92 Å². The molecule has 0 saturated heterocycles. The van der Waals surface area contributed by atoms with Crippen molar-refractivity contribution in [1.82, 2.24) is 0 Å². The topological polar surface area (TPSA) is 83.8 Å². The number of phenolic OH excluding ortho intramolecular Hbond substituents is 1. The van der Waals surface area contributed by atoms with Crippen molar-refractivity contribution in [3.8, 4) is 11.5 Å². The van der Waals surface area contributed by atoms with Crippen LogP contribution in [0, 0.1) is 0 Å². The van der Waals surface area contributed by atoms with Crippen LogP contribution in [0.4, 0.5) is 0 Å². The molecule has 28 heavy (non-hydrogen) atoms. The molecule has 2 rings (SSSR count). The molecule has 0 amide bonds. The number of aromatic hydroxyl groups is 1. The third kappa shape index (κ3) is 6.41. The highest BCUT2D eigenvalue weighted by Gasteiger charge is 2.19. The Kier molecular flexibility index (Phi) is 8.53. The number of benzene rings is 2. The zero-order valence-corrected chi connectivity index (χ0v) is 16.3. The van der Waals surface area contributed by atoms with E-state index in [1.165, 1.54) is 56.0 Å². The lowest BCUT2D eigenvalue weighted by Crippen LogP contribution is -2.13. The number of esters is 1. The molecule has 0 aromatic heterocycles. The predicted octanol–water partition coefficient (Wildman–Crippen LogP) is 5.60. The molecule has 0 heterocycles. The van der Waals surface area contributed by atoms with Gasteiger partial charge >= 0.3 is 11.9 Å². The number of unbranched alkanes of at least 4 members (excludes halogenated alkanes) is 6. The highest BCUT2D eigenvalue weighted by Crippen LogP contribution is 2.27. The minimum absolute atomic E-state index is 0.0208. The number of ether oxygens (including phenoxy) is 1. The van der Waals surface area contributed by atoms with Gasteiger partial charge in [-0.25, -0.2) is 9.59 Å². The standard InChI is InChI=1S/C23H28O5/c1-2-3-4-5-6-7-8-10-17-11-9-12-20(22(25)26)21(17)28-23(27)18-13-15-19(24)16-14-18/h9,11-16,24H,2-8,10H2,1H3,(H,25,26). The Balaban J connectivity index is 2.07. The molecule has 0 atom stereocenters. The summed E-state index contributed by atoms with van der Waals surface area (Å²) in [5.41, 5.74) is 0.952. The molecule has 0 bridgehead atoms. The van der Waals surface area contributed by atoms with E-state index >= 15 is 0 Å². The number of carboxylic acids is 1. The summed E-state index contributed by atoms with van der Waals surface area (Å²) in [4.78, 5) is 24.0. The van der Waals surface area contributed by atoms with E-state index in [9.17, 15) is 19.8 Å². The van der Waals surface area contributed by atoms with Gasteiger partial charge in [0.1, 0.15) is 17.1 Å². The van der Waals surface area contributed by atoms with Gasteiger partial charge in [-0.05, 0) is 48.7 Å². The first-order valence-corrected chi connectivity index (χ1v) is 9.89. The fraction of sp³-hybridized carbons (Fsp3) is 0.391. The first-order chi connectivity index (χ1) is 13.5. The van der Waals surface area contributed by atoms with E-state index in [0.717, 1.165) is 24.8 Å². The Bertz CT molecular complexity index is 780. The quantitative estimate of drug-likeness (QED) is 0.299. The SMILES string of the molecule is CCCCCCCCCc1cccc(C(=O)O)c1OC(=O)c1ccc(O)cc1. The van der Waals surface area contributed by atoms with Gasteiger partial charge in [-0.2, -0.15) is 0 Å². The van der Waals surface area contributed by atoms with Gasteiger partial charge in [-0.15, -0.1) is 0 Å². The maximum atomic E-state index is 12.4. The highest BCUT2D eigenvalue weighted by molar-refractivity contribution is 5.96. The molecule has 0 spiro atoms. The molecule has 5 heteroatoms. The zero-order valence-electron chi connectivity index (χ0n) is 16.3. The molecular formula is C23H28O5. The summed E-state index contributed by atoms with van der Waals surface area (Å²) in [6.45, 7) is 2.19. The predicted molar refractivity (Wildman–Crippen MR) is 108 cm³/mol. The summed E-state index contributed by atoms with van der Waals surface area (Å²) >= 11 is 0. The molecule has 0 aliphatic rings. The maximum absolute atomic E-state index is 12.4. The van der Waals surface area contributed by atoms with E-state index in [-0.39, 0.29) is 22.6 Å². The summed E-state index contributed by atoms with van der Waals surface area (Å²) in [6.07, 6.45) is 8.74. The Morgan fingerprint density at radius 2 is 1.54 bits per heavy atom. The van der Waals surface area contributed by atoms with Crippen molar-refractivity contribution in [3.05, 3.63) is 59.2 Å². The second-order valence-corrected chi connectivity index (χ2v) is 6.91. The first kappa shape index (κ1) is 21.5. The fourth-order valence-corrected chi connectivity index (χ4v) is 3.09. The molecule has 5 nitrogen and oxygen atoms in total. The monoisotopic (exact) mass is 384 g/mol. The van der Waals surface area contributed by atoms with Crippen molar-refractivity contribution in [1.29, 1.82) is 0 Å². The number of phenols is 1. The zero-order chi connectivity index (χ0) is 20.4. The molecule has 0 fully saturated rings. The Hall–Kier alpha value is -2.82. The minimum atomic E-state index is -1.13. The van der Waals surface area contributed by atoms with Gasteiger partial charge in [-0.1, -0.05) is 57.6 Å². The number of aryl methyl sites for hydroxylation is 1. The Morgan fingerprint density at radius 1 is 0.893 bits per heavy atom. The third-order valence-corrected chi connectivity index (χ3v) is 4.67. The summed E-state index contributed by atoms with van der Waals surface area (Å²) in [5.74, 6) is -1.62. The van der Waals surface area contributed by atoms with Crippen LogP contribution in [0.2, 0.25) is 0 Å². The van der Waals surface area contributed by atoms with Crippen LogP contribution in [-0.4, -0.2) is 22.2 Å². The number of carbonyl (C=O) groups is 2. The summed E-state index contributed by atoms with van der Waals surface area (Å²) in [7, 11) is 0. The van der Waals surface area contributed by atoms with Crippen molar-refractivity contribution >= 4 is 11.9 Å². The van der Waals surface area contributed by atoms with Gasteiger partial charge in [0.25, 0.3) is 0 Å². The average molecular weight is 384 g/mol. The number of hydrogen-bond donors (Lipinski definition) is 2. The second-order valence-electron chi connectivity index (χ2n) is 6.91. The van der Waals surface area contributed by atoms with Crippen LogP contribution in [0.15, 0.2) is 42.5 Å². The number of aromatic carboxylic acids is 1. The second kappa shape index (κ2) is 11.1. The van der Waals surface area contributed by atoms with Crippen LogP contribution >= 0.6 is 0 Å². The number of hydrogen-bond acceptors (Lipinski definition) is 4. The molecule has 0 radical (unpaired) electrons. The van der Waals surface area contributed by atoms with Crippen LogP contribution in [-0.2, 0) is 6.42 Å². The highest BCUT2D eigenvalue weighted by atomic mass is 16.5. The van der Waals surface area contributed by atoms with Gasteiger partial charge in [0, 0.05) is 0 Å². The lowest BCUT2D eigenvalue weighted by molar-refractivity contribution is 0.0680.